The number of amides is 2. The average molecular weight is 466 g/mol. The lowest BCUT2D eigenvalue weighted by atomic mass is 10.1. The number of carbonyl (C=O) groups excluding carboxylic acids is 1. The van der Waals surface area contributed by atoms with E-state index in [0.29, 0.717) is 22.8 Å². The van der Waals surface area contributed by atoms with Gasteiger partial charge in [0.05, 0.1) is 4.90 Å². The first-order valence-corrected chi connectivity index (χ1v) is 11.8. The fourth-order valence-corrected chi connectivity index (χ4v) is 4.74. The Bertz CT molecular complexity index is 1160. The minimum absolute atomic E-state index is 0. The second kappa shape index (κ2) is 11.2. The Hall–Kier alpha value is -3.46. The Morgan fingerprint density at radius 3 is 2.25 bits per heavy atom. The van der Waals surface area contributed by atoms with E-state index >= 15 is 0 Å². The number of anilines is 2. The first-order chi connectivity index (χ1) is 15.2. The molecule has 1 unspecified atom stereocenters. The van der Waals surface area contributed by atoms with Gasteiger partial charge >= 0.3 is 6.03 Å². The van der Waals surface area contributed by atoms with Crippen molar-refractivity contribution in [2.24, 2.45) is 0 Å². The molecule has 1 aromatic heterocycles. The molecular weight excluding hydrogens is 442 g/mol. The van der Waals surface area contributed by atoms with Gasteiger partial charge in [-0.05, 0) is 63.8 Å². The molecule has 3 aromatic carbocycles. The van der Waals surface area contributed by atoms with E-state index in [2.05, 4.69) is 15.4 Å². The van der Waals surface area contributed by atoms with E-state index in [-0.39, 0.29) is 11.5 Å². The van der Waals surface area contributed by atoms with Gasteiger partial charge in [-0.25, -0.2) is 9.00 Å². The molecule has 32 heavy (non-hydrogen) atoms. The average Bonchev–Trinajstić information content (AvgIpc) is 3.33. The highest BCUT2D eigenvalue weighted by Gasteiger charge is 2.11. The molecule has 0 radical (unpaired) electrons. The molecule has 1 heterocycles. The summed E-state index contributed by atoms with van der Waals surface area (Å²) in [7, 11) is -1.43. The van der Waals surface area contributed by atoms with Gasteiger partial charge in [0, 0.05) is 17.9 Å². The van der Waals surface area contributed by atoms with Crippen LogP contribution in [-0.2, 0) is 17.5 Å². The molecule has 0 spiro atoms. The summed E-state index contributed by atoms with van der Waals surface area (Å²) in [6.07, 6.45) is 0. The first kappa shape index (κ1) is 23.2. The van der Waals surface area contributed by atoms with Crippen molar-refractivity contribution < 1.29 is 14.5 Å². The number of thiophene rings is 1. The highest BCUT2D eigenvalue weighted by atomic mass is 32.2. The Kier molecular flexibility index (Phi) is 8.15. The lowest BCUT2D eigenvalue weighted by Crippen LogP contribution is -2.27. The van der Waals surface area contributed by atoms with Crippen molar-refractivity contribution >= 4 is 39.7 Å². The van der Waals surface area contributed by atoms with E-state index in [4.69, 9.17) is 0 Å². The van der Waals surface area contributed by atoms with Gasteiger partial charge < -0.3 is 20.8 Å². The summed E-state index contributed by atoms with van der Waals surface area (Å²) in [5, 5.41) is 9.58. The van der Waals surface area contributed by atoms with Crippen LogP contribution in [0.25, 0.3) is 11.1 Å². The number of carbonyl (C=O) groups is 1. The van der Waals surface area contributed by atoms with Gasteiger partial charge in [-0.3, -0.25) is 0 Å². The van der Waals surface area contributed by atoms with Gasteiger partial charge in [0.2, 0.25) is 0 Å². The van der Waals surface area contributed by atoms with Crippen molar-refractivity contribution in [3.8, 4) is 11.1 Å². The fourth-order valence-electron chi connectivity index (χ4n) is 3.02. The number of urea groups is 1. The molecule has 5 N–H and O–H groups in total. The molecule has 0 bridgehead atoms. The van der Waals surface area contributed by atoms with Crippen molar-refractivity contribution in [3.63, 3.8) is 0 Å². The Labute approximate surface area is 193 Å². The van der Waals surface area contributed by atoms with E-state index in [9.17, 15) is 9.00 Å². The molecule has 4 rings (SSSR count). The van der Waals surface area contributed by atoms with Crippen molar-refractivity contribution in [1.29, 1.82) is 0 Å². The van der Waals surface area contributed by atoms with Crippen molar-refractivity contribution in [2.75, 3.05) is 10.0 Å². The quantitative estimate of drug-likeness (QED) is 0.356. The minimum atomic E-state index is -1.43. The third kappa shape index (κ3) is 6.04. The predicted octanol–water partition coefficient (Wildman–Crippen LogP) is 5.05. The van der Waals surface area contributed by atoms with Gasteiger partial charge in [-0.1, -0.05) is 48.5 Å². The van der Waals surface area contributed by atoms with Crippen molar-refractivity contribution in [3.05, 3.63) is 101 Å². The molecular formula is C24H23N3O3S2. The summed E-state index contributed by atoms with van der Waals surface area (Å²) < 4.78 is 16.0. The van der Waals surface area contributed by atoms with Gasteiger partial charge in [0.25, 0.3) is 0 Å². The van der Waals surface area contributed by atoms with Crippen LogP contribution in [0.5, 0.6) is 0 Å². The minimum Gasteiger partial charge on any atom is -0.412 e. The van der Waals surface area contributed by atoms with Crippen molar-refractivity contribution in [2.45, 2.75) is 11.4 Å². The number of hydrogen-bond acceptors (Lipinski definition) is 3. The monoisotopic (exact) mass is 465 g/mol. The maximum atomic E-state index is 13.0. The van der Waals surface area contributed by atoms with Crippen LogP contribution in [-0.4, -0.2) is 15.7 Å². The number of hydrogen-bond donors (Lipinski definition) is 3. The largest absolute Gasteiger partial charge is 0.412 e. The lowest BCUT2D eigenvalue weighted by Gasteiger charge is -2.12. The summed E-state index contributed by atoms with van der Waals surface area (Å²) in [5.74, 6) is 0. The maximum absolute atomic E-state index is 13.0. The van der Waals surface area contributed by atoms with Gasteiger partial charge in [0.1, 0.15) is 0 Å². The van der Waals surface area contributed by atoms with Crippen LogP contribution in [0.3, 0.4) is 0 Å². The number of nitrogens with one attached hydrogen (secondary N) is 3. The lowest BCUT2D eigenvalue weighted by molar-refractivity contribution is 0.252. The zero-order valence-electron chi connectivity index (χ0n) is 17.1. The zero-order valence-corrected chi connectivity index (χ0v) is 18.7. The van der Waals surface area contributed by atoms with E-state index in [1.54, 1.807) is 35.6 Å². The molecule has 6 nitrogen and oxygen atoms in total. The third-order valence-corrected chi connectivity index (χ3v) is 6.47. The van der Waals surface area contributed by atoms with Crippen LogP contribution in [0.1, 0.15) is 5.56 Å². The molecule has 0 saturated heterocycles. The molecule has 164 valence electrons. The Morgan fingerprint density at radius 2 is 1.53 bits per heavy atom. The molecule has 0 aliphatic heterocycles. The van der Waals surface area contributed by atoms with Crippen LogP contribution < -0.4 is 15.4 Å². The van der Waals surface area contributed by atoms with Gasteiger partial charge in [-0.15, -0.1) is 0 Å². The SMILES string of the molecule is O.O=C(NCc1ccsc1)Nc1ccc(NS(=O)c2ccccc2-c2ccccc2)cc1. The van der Waals surface area contributed by atoms with Crippen molar-refractivity contribution in [1.82, 2.24) is 5.32 Å². The van der Waals surface area contributed by atoms with E-state index in [1.807, 2.05) is 71.4 Å². The molecule has 2 amide bonds. The summed E-state index contributed by atoms with van der Waals surface area (Å²) in [4.78, 5) is 12.8. The fraction of sp³-hybridized carbons (Fsp3) is 0.0417. The highest BCUT2D eigenvalue weighted by Crippen LogP contribution is 2.27. The van der Waals surface area contributed by atoms with Gasteiger partial charge in [0.15, 0.2) is 11.0 Å². The molecule has 1 atom stereocenters. The third-order valence-electron chi connectivity index (χ3n) is 4.56. The highest BCUT2D eigenvalue weighted by molar-refractivity contribution is 7.86. The summed E-state index contributed by atoms with van der Waals surface area (Å²) in [5.41, 5.74) is 4.36. The van der Waals surface area contributed by atoms with Crippen LogP contribution in [0.2, 0.25) is 0 Å². The van der Waals surface area contributed by atoms with E-state index in [1.165, 1.54) is 0 Å². The summed E-state index contributed by atoms with van der Waals surface area (Å²) in [6, 6.07) is 26.3. The standard InChI is InChI=1S/C24H21N3O2S2.H2O/c28-24(25-16-18-14-15-30-17-18)26-20-10-12-21(13-11-20)27-31(29)23-9-5-4-8-22(23)19-6-2-1-3-7-19;/h1-15,17,27H,16H2,(H2,25,26,28);1H2. The van der Waals surface area contributed by atoms with Crippen LogP contribution in [0.4, 0.5) is 16.2 Å². The normalized spacial score (nSPS) is 11.1. The predicted molar refractivity (Wildman–Crippen MR) is 132 cm³/mol. The molecule has 8 heteroatoms. The maximum Gasteiger partial charge on any atom is 0.319 e. The smallest absolute Gasteiger partial charge is 0.319 e. The summed E-state index contributed by atoms with van der Waals surface area (Å²) in [6.45, 7) is 0.481. The molecule has 0 fully saturated rings. The molecule has 0 aliphatic carbocycles. The number of rotatable bonds is 7. The van der Waals surface area contributed by atoms with Crippen LogP contribution in [0.15, 0.2) is 101 Å². The molecule has 0 saturated carbocycles. The zero-order chi connectivity index (χ0) is 21.5. The molecule has 0 aliphatic rings. The van der Waals surface area contributed by atoms with E-state index in [0.717, 1.165) is 16.7 Å². The van der Waals surface area contributed by atoms with Crippen LogP contribution >= 0.6 is 11.3 Å². The second-order valence-electron chi connectivity index (χ2n) is 6.75. The Morgan fingerprint density at radius 1 is 0.844 bits per heavy atom. The molecule has 4 aromatic rings. The van der Waals surface area contributed by atoms with Gasteiger partial charge in [-0.2, -0.15) is 11.3 Å². The van der Waals surface area contributed by atoms with Crippen LogP contribution in [0, 0.1) is 0 Å². The number of benzene rings is 3. The first-order valence-electron chi connectivity index (χ1n) is 9.68. The summed E-state index contributed by atoms with van der Waals surface area (Å²) >= 11 is 1.60. The second-order valence-corrected chi connectivity index (χ2v) is 8.71. The topological polar surface area (TPSA) is 102 Å². The Balaban J connectivity index is 0.00000289. The van der Waals surface area contributed by atoms with E-state index < -0.39 is 11.0 Å².